The van der Waals surface area contributed by atoms with E-state index in [0.717, 1.165) is 27.6 Å². The molecule has 8 nitrogen and oxygen atoms in total. The fourth-order valence-corrected chi connectivity index (χ4v) is 6.38. The molecule has 0 unspecified atom stereocenters. The smallest absolute Gasteiger partial charge is 0.410 e. The van der Waals surface area contributed by atoms with Gasteiger partial charge >= 0.3 is 18.0 Å². The Kier molecular flexibility index (Phi) is 7.46. The van der Waals surface area contributed by atoms with Gasteiger partial charge in [0, 0.05) is 36.5 Å². The summed E-state index contributed by atoms with van der Waals surface area (Å²) in [6.45, 7) is 4.20. The maximum absolute atomic E-state index is 14.0. The van der Waals surface area contributed by atoms with Gasteiger partial charge in [0.15, 0.2) is 0 Å². The van der Waals surface area contributed by atoms with E-state index in [1.807, 2.05) is 61.5 Å². The fraction of sp³-hybridized carbons (Fsp3) is 0.387. The Labute approximate surface area is 227 Å². The van der Waals surface area contributed by atoms with Crippen molar-refractivity contribution in [1.29, 1.82) is 0 Å². The number of benzene rings is 2. The lowest BCUT2D eigenvalue weighted by molar-refractivity contribution is -0.153. The lowest BCUT2D eigenvalue weighted by Crippen LogP contribution is -2.66. The molecule has 1 saturated heterocycles. The SMILES string of the molecule is CCC1=C[C@@H]2CN(C(=O)OCc3ccccc3)[C@H]1[C@@](C(=O)OC)(c1[nH]c3ccccc3c1CCOC(C)=O)C2. The second kappa shape index (κ2) is 11.0. The molecule has 1 aromatic heterocycles. The maximum Gasteiger partial charge on any atom is 0.410 e. The highest BCUT2D eigenvalue weighted by molar-refractivity contribution is 5.92. The number of H-pyrrole nitrogens is 1. The van der Waals surface area contributed by atoms with Crippen LogP contribution in [0.25, 0.3) is 10.9 Å². The normalized spacial score (nSPS) is 21.9. The number of hydrogen-bond donors (Lipinski definition) is 1. The topological polar surface area (TPSA) is 97.9 Å². The van der Waals surface area contributed by atoms with Crippen LogP contribution >= 0.6 is 0 Å². The first-order chi connectivity index (χ1) is 18.9. The van der Waals surface area contributed by atoms with Gasteiger partial charge < -0.3 is 19.2 Å². The predicted octanol–water partition coefficient (Wildman–Crippen LogP) is 5.06. The summed E-state index contributed by atoms with van der Waals surface area (Å²) in [5.74, 6) is -0.821. The molecule has 39 heavy (non-hydrogen) atoms. The van der Waals surface area contributed by atoms with Crippen LogP contribution in [0.1, 0.15) is 43.5 Å². The Hall–Kier alpha value is -4.07. The molecule has 1 fully saturated rings. The van der Waals surface area contributed by atoms with Gasteiger partial charge in [-0.15, -0.1) is 0 Å². The van der Waals surface area contributed by atoms with E-state index < -0.39 is 23.5 Å². The van der Waals surface area contributed by atoms with Crippen molar-refractivity contribution >= 4 is 28.9 Å². The van der Waals surface area contributed by atoms with Crippen LogP contribution in [0.15, 0.2) is 66.2 Å². The van der Waals surface area contributed by atoms with E-state index in [0.29, 0.717) is 31.5 Å². The number of para-hydroxylation sites is 1. The Balaban J connectivity index is 1.60. The minimum atomic E-state index is -1.17. The summed E-state index contributed by atoms with van der Waals surface area (Å²) < 4.78 is 16.6. The number of nitrogens with one attached hydrogen (secondary N) is 1. The lowest BCUT2D eigenvalue weighted by atomic mass is 9.60. The maximum atomic E-state index is 14.0. The van der Waals surface area contributed by atoms with Crippen molar-refractivity contribution in [2.75, 3.05) is 20.3 Å². The number of aromatic nitrogens is 1. The van der Waals surface area contributed by atoms with E-state index in [2.05, 4.69) is 11.1 Å². The molecule has 3 aliphatic rings. The fourth-order valence-electron chi connectivity index (χ4n) is 6.38. The summed E-state index contributed by atoms with van der Waals surface area (Å²) in [4.78, 5) is 44.3. The first-order valence-corrected chi connectivity index (χ1v) is 13.4. The van der Waals surface area contributed by atoms with Gasteiger partial charge in [-0.3, -0.25) is 14.5 Å². The Morgan fingerprint density at radius 3 is 2.51 bits per heavy atom. The third-order valence-electron chi connectivity index (χ3n) is 7.91. The van der Waals surface area contributed by atoms with Crippen LogP contribution in [0, 0.1) is 5.92 Å². The molecule has 1 aliphatic carbocycles. The zero-order chi connectivity index (χ0) is 27.6. The van der Waals surface area contributed by atoms with Gasteiger partial charge in [0.1, 0.15) is 12.0 Å². The number of aromatic amines is 1. The number of nitrogens with zero attached hydrogens (tertiary/aromatic N) is 1. The van der Waals surface area contributed by atoms with Crippen LogP contribution in [0.2, 0.25) is 0 Å². The van der Waals surface area contributed by atoms with Crippen LogP contribution in [-0.2, 0) is 42.2 Å². The van der Waals surface area contributed by atoms with Crippen LogP contribution in [0.3, 0.4) is 0 Å². The number of methoxy groups -OCH3 is 1. The summed E-state index contributed by atoms with van der Waals surface area (Å²) in [6, 6.07) is 16.8. The average Bonchev–Trinajstić information content (AvgIpc) is 3.34. The third kappa shape index (κ3) is 4.80. The molecule has 1 N–H and O–H groups in total. The number of fused-ring (bicyclic) bond motifs is 3. The molecule has 3 aromatic rings. The van der Waals surface area contributed by atoms with Gasteiger partial charge in [-0.2, -0.15) is 0 Å². The lowest BCUT2D eigenvalue weighted by Gasteiger charge is -2.54. The van der Waals surface area contributed by atoms with Crippen molar-refractivity contribution in [3.8, 4) is 0 Å². The second-order valence-electron chi connectivity index (χ2n) is 10.2. The van der Waals surface area contributed by atoms with Crippen molar-refractivity contribution < 1.29 is 28.6 Å². The standard InChI is InChI=1S/C31H34N2O6/c1-4-23-16-22-17-31(29(35)37-3,28(23)33(18-22)30(36)39-19-21-10-6-5-7-11-21)27-25(14-15-38-20(2)34)24-12-8-9-13-26(24)32-27/h5-13,16,22,28,32H,4,14-15,17-19H2,1-3H3/t22-,28+,31-/m0/s1. The van der Waals surface area contributed by atoms with E-state index in [1.54, 1.807) is 4.90 Å². The van der Waals surface area contributed by atoms with Gasteiger partial charge in [0.2, 0.25) is 0 Å². The van der Waals surface area contributed by atoms with Gasteiger partial charge in [-0.05, 0) is 36.0 Å². The molecule has 3 atom stereocenters. The van der Waals surface area contributed by atoms with Gasteiger partial charge in [-0.25, -0.2) is 4.79 Å². The summed E-state index contributed by atoms with van der Waals surface area (Å²) in [5.41, 5.74) is 3.19. The minimum absolute atomic E-state index is 0.0546. The Morgan fingerprint density at radius 2 is 1.79 bits per heavy atom. The second-order valence-corrected chi connectivity index (χ2v) is 10.2. The van der Waals surface area contributed by atoms with Gasteiger partial charge in [-0.1, -0.05) is 67.1 Å². The molecule has 0 radical (unpaired) electrons. The Bertz CT molecular complexity index is 1410. The number of ether oxygens (including phenoxy) is 3. The quantitative estimate of drug-likeness (QED) is 0.248. The molecule has 2 bridgehead atoms. The largest absolute Gasteiger partial charge is 0.468 e. The molecule has 2 aromatic carbocycles. The minimum Gasteiger partial charge on any atom is -0.468 e. The molecule has 6 rings (SSSR count). The van der Waals surface area contributed by atoms with E-state index in [1.165, 1.54) is 14.0 Å². The molecule has 1 amide bonds. The number of hydrogen-bond acceptors (Lipinski definition) is 6. The number of amides is 1. The average molecular weight is 531 g/mol. The number of rotatable bonds is 8. The third-order valence-corrected chi connectivity index (χ3v) is 7.91. The highest BCUT2D eigenvalue weighted by atomic mass is 16.6. The van der Waals surface area contributed by atoms with Gasteiger partial charge in [0.05, 0.1) is 19.8 Å². The molecular weight excluding hydrogens is 496 g/mol. The number of carbonyl (C=O) groups is 3. The van der Waals surface area contributed by atoms with Gasteiger partial charge in [0.25, 0.3) is 0 Å². The molecular formula is C31H34N2O6. The van der Waals surface area contributed by atoms with Crippen LogP contribution in [-0.4, -0.2) is 54.2 Å². The zero-order valence-corrected chi connectivity index (χ0v) is 22.6. The monoisotopic (exact) mass is 530 g/mol. The molecule has 2 aliphatic heterocycles. The Morgan fingerprint density at radius 1 is 1.05 bits per heavy atom. The molecule has 204 valence electrons. The predicted molar refractivity (Wildman–Crippen MR) is 146 cm³/mol. The number of piperidine rings is 1. The highest BCUT2D eigenvalue weighted by Gasteiger charge is 2.61. The van der Waals surface area contributed by atoms with Crippen molar-refractivity contribution in [2.24, 2.45) is 5.92 Å². The summed E-state index contributed by atoms with van der Waals surface area (Å²) in [5, 5.41) is 0.949. The molecule has 0 spiro atoms. The van der Waals surface area contributed by atoms with E-state index in [-0.39, 0.29) is 25.1 Å². The summed E-state index contributed by atoms with van der Waals surface area (Å²) >= 11 is 0. The van der Waals surface area contributed by atoms with Crippen molar-refractivity contribution in [3.05, 3.63) is 83.1 Å². The summed E-state index contributed by atoms with van der Waals surface area (Å²) in [7, 11) is 1.39. The number of carbonyl (C=O) groups excluding carboxylic acids is 3. The van der Waals surface area contributed by atoms with Crippen molar-refractivity contribution in [3.63, 3.8) is 0 Å². The first kappa shape index (κ1) is 26.5. The van der Waals surface area contributed by atoms with Crippen LogP contribution in [0.4, 0.5) is 4.79 Å². The molecule has 3 heterocycles. The van der Waals surface area contributed by atoms with Crippen molar-refractivity contribution in [2.45, 2.75) is 51.2 Å². The van der Waals surface area contributed by atoms with Crippen LogP contribution in [0.5, 0.6) is 0 Å². The molecule has 0 saturated carbocycles. The van der Waals surface area contributed by atoms with Crippen molar-refractivity contribution in [1.82, 2.24) is 9.88 Å². The van der Waals surface area contributed by atoms with Crippen LogP contribution < -0.4 is 0 Å². The van der Waals surface area contributed by atoms with E-state index >= 15 is 0 Å². The van der Waals surface area contributed by atoms with E-state index in [9.17, 15) is 14.4 Å². The zero-order valence-electron chi connectivity index (χ0n) is 22.6. The number of esters is 2. The summed E-state index contributed by atoms with van der Waals surface area (Å²) in [6.07, 6.45) is 3.32. The first-order valence-electron chi connectivity index (χ1n) is 13.4. The van der Waals surface area contributed by atoms with E-state index in [4.69, 9.17) is 14.2 Å². The highest BCUT2D eigenvalue weighted by Crippen LogP contribution is 2.51. The molecule has 8 heteroatoms.